The highest BCUT2D eigenvalue weighted by atomic mass is 32.2. The zero-order valence-corrected chi connectivity index (χ0v) is 11.3. The molecule has 0 atom stereocenters. The summed E-state index contributed by atoms with van der Waals surface area (Å²) < 4.78 is 25.0. The Morgan fingerprint density at radius 1 is 1.12 bits per heavy atom. The summed E-state index contributed by atoms with van der Waals surface area (Å²) >= 11 is 0. The Labute approximate surface area is 103 Å². The molecule has 0 radical (unpaired) electrons. The number of nitrogens with one attached hydrogen (secondary N) is 2. The molecule has 4 nitrogen and oxygen atoms in total. The minimum atomic E-state index is -3.18. The van der Waals surface area contributed by atoms with Gasteiger partial charge >= 0.3 is 0 Å². The summed E-state index contributed by atoms with van der Waals surface area (Å²) in [5, 5.41) is 3.31. The smallest absolute Gasteiger partial charge is 0.215 e. The van der Waals surface area contributed by atoms with Gasteiger partial charge in [-0.25, -0.2) is 13.1 Å². The maximum absolute atomic E-state index is 11.3. The fraction of sp³-hybridized carbons (Fsp3) is 0.500. The van der Waals surface area contributed by atoms with Gasteiger partial charge in [-0.05, 0) is 18.2 Å². The molecule has 1 aromatic rings. The first-order valence-corrected chi connectivity index (χ1v) is 7.30. The van der Waals surface area contributed by atoms with Gasteiger partial charge in [-0.15, -0.1) is 0 Å². The molecule has 0 saturated carbocycles. The molecule has 0 amide bonds. The summed E-state index contributed by atoms with van der Waals surface area (Å²) in [5.74, 6) is 0.0292. The minimum Gasteiger partial charge on any atom is -0.310 e. The SMILES string of the molecule is CNS(=O)(=O)Cc1ccc(CNC(C)C)cc1. The molecule has 0 aliphatic heterocycles. The lowest BCUT2D eigenvalue weighted by atomic mass is 10.1. The second kappa shape index (κ2) is 6.14. The van der Waals surface area contributed by atoms with E-state index in [0.717, 1.165) is 17.7 Å². The fourth-order valence-electron chi connectivity index (χ4n) is 1.37. The Morgan fingerprint density at radius 3 is 2.12 bits per heavy atom. The van der Waals surface area contributed by atoms with Crippen molar-refractivity contribution in [3.63, 3.8) is 0 Å². The van der Waals surface area contributed by atoms with Crippen LogP contribution in [0.5, 0.6) is 0 Å². The van der Waals surface area contributed by atoms with E-state index >= 15 is 0 Å². The van der Waals surface area contributed by atoms with Gasteiger partial charge in [0, 0.05) is 12.6 Å². The summed E-state index contributed by atoms with van der Waals surface area (Å²) in [6.45, 7) is 4.98. The molecular formula is C12H20N2O2S. The number of benzene rings is 1. The Hall–Kier alpha value is -0.910. The summed E-state index contributed by atoms with van der Waals surface area (Å²) in [7, 11) is -1.75. The van der Waals surface area contributed by atoms with Crippen LogP contribution in [0.15, 0.2) is 24.3 Å². The molecule has 1 aromatic carbocycles. The zero-order valence-electron chi connectivity index (χ0n) is 10.5. The van der Waals surface area contributed by atoms with Crippen molar-refractivity contribution >= 4 is 10.0 Å². The number of hydrogen-bond donors (Lipinski definition) is 2. The summed E-state index contributed by atoms with van der Waals surface area (Å²) in [6, 6.07) is 8.06. The van der Waals surface area contributed by atoms with Crippen molar-refractivity contribution in [1.29, 1.82) is 0 Å². The largest absolute Gasteiger partial charge is 0.310 e. The molecule has 0 spiro atoms. The Kier molecular flexibility index (Phi) is 5.11. The van der Waals surface area contributed by atoms with E-state index in [-0.39, 0.29) is 5.75 Å². The Balaban J connectivity index is 2.62. The van der Waals surface area contributed by atoms with Crippen LogP contribution in [-0.4, -0.2) is 21.5 Å². The van der Waals surface area contributed by atoms with Crippen LogP contribution in [0.4, 0.5) is 0 Å². The van der Waals surface area contributed by atoms with Gasteiger partial charge in [0.25, 0.3) is 0 Å². The van der Waals surface area contributed by atoms with Crippen LogP contribution in [0.2, 0.25) is 0 Å². The van der Waals surface area contributed by atoms with E-state index < -0.39 is 10.0 Å². The van der Waals surface area contributed by atoms with Gasteiger partial charge < -0.3 is 5.32 Å². The van der Waals surface area contributed by atoms with Gasteiger partial charge in [0.15, 0.2) is 0 Å². The van der Waals surface area contributed by atoms with E-state index in [1.54, 1.807) is 0 Å². The van der Waals surface area contributed by atoms with E-state index in [9.17, 15) is 8.42 Å². The van der Waals surface area contributed by atoms with Crippen molar-refractivity contribution in [2.45, 2.75) is 32.2 Å². The van der Waals surface area contributed by atoms with Crippen molar-refractivity contribution in [3.8, 4) is 0 Å². The maximum Gasteiger partial charge on any atom is 0.215 e. The Bertz CT molecular complexity index is 438. The lowest BCUT2D eigenvalue weighted by Gasteiger charge is -2.08. The van der Waals surface area contributed by atoms with E-state index in [1.165, 1.54) is 7.05 Å². The molecule has 17 heavy (non-hydrogen) atoms. The molecule has 1 rings (SSSR count). The van der Waals surface area contributed by atoms with Crippen molar-refractivity contribution in [2.24, 2.45) is 0 Å². The van der Waals surface area contributed by atoms with Crippen LogP contribution in [0.1, 0.15) is 25.0 Å². The summed E-state index contributed by atoms with van der Waals surface area (Å²) in [5.41, 5.74) is 1.96. The van der Waals surface area contributed by atoms with Crippen LogP contribution in [0.3, 0.4) is 0 Å². The lowest BCUT2D eigenvalue weighted by molar-refractivity contribution is 0.587. The van der Waals surface area contributed by atoms with E-state index in [2.05, 4.69) is 23.9 Å². The maximum atomic E-state index is 11.3. The van der Waals surface area contributed by atoms with Crippen molar-refractivity contribution in [2.75, 3.05) is 7.05 Å². The van der Waals surface area contributed by atoms with Crippen molar-refractivity contribution < 1.29 is 8.42 Å². The van der Waals surface area contributed by atoms with Gasteiger partial charge in [0.2, 0.25) is 10.0 Å². The second-order valence-corrected chi connectivity index (χ2v) is 6.24. The van der Waals surface area contributed by atoms with Gasteiger partial charge in [-0.3, -0.25) is 0 Å². The van der Waals surface area contributed by atoms with Gasteiger partial charge in [-0.2, -0.15) is 0 Å². The molecular weight excluding hydrogens is 236 g/mol. The average Bonchev–Trinajstić information content (AvgIpc) is 2.28. The molecule has 0 aromatic heterocycles. The second-order valence-electron chi connectivity index (χ2n) is 4.32. The molecule has 0 aliphatic carbocycles. The predicted octanol–water partition coefficient (Wildman–Crippen LogP) is 1.23. The molecule has 0 unspecified atom stereocenters. The first-order valence-electron chi connectivity index (χ1n) is 5.65. The molecule has 0 aliphatic rings. The quantitative estimate of drug-likeness (QED) is 0.805. The monoisotopic (exact) mass is 256 g/mol. The van der Waals surface area contributed by atoms with Gasteiger partial charge in [0.05, 0.1) is 5.75 Å². The number of hydrogen-bond acceptors (Lipinski definition) is 3. The highest BCUT2D eigenvalue weighted by molar-refractivity contribution is 7.88. The van der Waals surface area contributed by atoms with E-state index in [4.69, 9.17) is 0 Å². The van der Waals surface area contributed by atoms with Gasteiger partial charge in [-0.1, -0.05) is 38.1 Å². The third-order valence-corrected chi connectivity index (χ3v) is 3.74. The first-order chi connectivity index (χ1) is 7.93. The summed E-state index contributed by atoms with van der Waals surface area (Å²) in [6.07, 6.45) is 0. The van der Waals surface area contributed by atoms with Crippen LogP contribution >= 0.6 is 0 Å². The predicted molar refractivity (Wildman–Crippen MR) is 70.1 cm³/mol. The zero-order chi connectivity index (χ0) is 12.9. The molecule has 0 bridgehead atoms. The standard InChI is InChI=1S/C12H20N2O2S/c1-10(2)14-8-11-4-6-12(7-5-11)9-17(15,16)13-3/h4-7,10,13-14H,8-9H2,1-3H3. The van der Waals surface area contributed by atoms with Gasteiger partial charge in [0.1, 0.15) is 0 Å². The van der Waals surface area contributed by atoms with E-state index in [0.29, 0.717) is 6.04 Å². The third-order valence-electron chi connectivity index (χ3n) is 2.41. The number of rotatable bonds is 6. The van der Waals surface area contributed by atoms with Crippen molar-refractivity contribution in [1.82, 2.24) is 10.0 Å². The molecule has 2 N–H and O–H groups in total. The normalized spacial score (nSPS) is 12.0. The number of sulfonamides is 1. The molecule has 0 heterocycles. The fourth-order valence-corrected chi connectivity index (χ4v) is 2.14. The third kappa shape index (κ3) is 5.30. The Morgan fingerprint density at radius 2 is 1.65 bits per heavy atom. The van der Waals surface area contributed by atoms with Crippen LogP contribution in [0.25, 0.3) is 0 Å². The topological polar surface area (TPSA) is 58.2 Å². The van der Waals surface area contributed by atoms with Crippen LogP contribution in [0, 0.1) is 0 Å². The molecule has 96 valence electrons. The molecule has 0 saturated heterocycles. The van der Waals surface area contributed by atoms with Crippen LogP contribution in [-0.2, 0) is 22.3 Å². The lowest BCUT2D eigenvalue weighted by Crippen LogP contribution is -2.22. The summed E-state index contributed by atoms with van der Waals surface area (Å²) in [4.78, 5) is 0. The average molecular weight is 256 g/mol. The highest BCUT2D eigenvalue weighted by Crippen LogP contribution is 2.07. The molecule has 0 fully saturated rings. The molecule has 5 heteroatoms. The van der Waals surface area contributed by atoms with E-state index in [1.807, 2.05) is 24.3 Å². The highest BCUT2D eigenvalue weighted by Gasteiger charge is 2.07. The minimum absolute atomic E-state index is 0.0292. The first kappa shape index (κ1) is 14.2. The van der Waals surface area contributed by atoms with Crippen LogP contribution < -0.4 is 10.0 Å². The van der Waals surface area contributed by atoms with Crippen molar-refractivity contribution in [3.05, 3.63) is 35.4 Å².